The van der Waals surface area contributed by atoms with Gasteiger partial charge in [-0.3, -0.25) is 4.79 Å². The standard InChI is InChI=1S/C29H30FN3O5S/c1-20-17-33(21(2)19-34)29(35)24-15-23(14-13-22-9-5-4-6-10-22)16-31-28(24)38-26(20)18-32(3)39(36,37)27-12-8-7-11-25(27)30/h4-12,15-16,20-21,26,34H,17-19H2,1-3H3/t20-,21+,26+/m0/s1. The summed E-state index contributed by atoms with van der Waals surface area (Å²) in [5, 5.41) is 9.85. The Labute approximate surface area is 228 Å². The van der Waals surface area contributed by atoms with Crippen molar-refractivity contribution in [2.75, 3.05) is 26.7 Å². The maximum atomic E-state index is 14.3. The normalized spacial score (nSPS) is 18.3. The van der Waals surface area contributed by atoms with E-state index < -0.39 is 32.9 Å². The highest BCUT2D eigenvalue weighted by atomic mass is 32.2. The molecule has 1 amide bonds. The Morgan fingerprint density at radius 3 is 2.51 bits per heavy atom. The van der Waals surface area contributed by atoms with Crippen LogP contribution in [0.2, 0.25) is 0 Å². The average Bonchev–Trinajstić information content (AvgIpc) is 2.94. The lowest BCUT2D eigenvalue weighted by Gasteiger charge is -2.37. The Morgan fingerprint density at radius 2 is 1.82 bits per heavy atom. The summed E-state index contributed by atoms with van der Waals surface area (Å²) in [7, 11) is -2.80. The smallest absolute Gasteiger partial charge is 0.259 e. The number of hydrogen-bond donors (Lipinski definition) is 1. The van der Waals surface area contributed by atoms with Crippen molar-refractivity contribution in [3.8, 4) is 17.7 Å². The van der Waals surface area contributed by atoms with E-state index in [1.807, 2.05) is 37.3 Å². The van der Waals surface area contributed by atoms with E-state index >= 15 is 0 Å². The summed E-state index contributed by atoms with van der Waals surface area (Å²) in [6.07, 6.45) is 0.760. The van der Waals surface area contributed by atoms with Crippen molar-refractivity contribution in [1.29, 1.82) is 0 Å². The van der Waals surface area contributed by atoms with Crippen LogP contribution in [0.4, 0.5) is 4.39 Å². The van der Waals surface area contributed by atoms with Crippen LogP contribution in [-0.4, -0.2) is 72.5 Å². The molecule has 0 aliphatic carbocycles. The zero-order chi connectivity index (χ0) is 28.2. The van der Waals surface area contributed by atoms with Crippen LogP contribution in [0.5, 0.6) is 5.88 Å². The number of halogens is 1. The largest absolute Gasteiger partial charge is 0.472 e. The topological polar surface area (TPSA) is 100 Å². The van der Waals surface area contributed by atoms with Gasteiger partial charge in [0.25, 0.3) is 5.91 Å². The summed E-state index contributed by atoms with van der Waals surface area (Å²) in [5.74, 6) is 4.51. The number of pyridine rings is 1. The van der Waals surface area contributed by atoms with Crippen LogP contribution in [0.25, 0.3) is 0 Å². The maximum Gasteiger partial charge on any atom is 0.259 e. The lowest BCUT2D eigenvalue weighted by atomic mass is 10.0. The van der Waals surface area contributed by atoms with Crippen molar-refractivity contribution in [1.82, 2.24) is 14.2 Å². The summed E-state index contributed by atoms with van der Waals surface area (Å²) in [5.41, 5.74) is 1.46. The molecule has 10 heteroatoms. The second-order valence-electron chi connectivity index (χ2n) is 9.53. The first kappa shape index (κ1) is 28.2. The molecule has 0 spiro atoms. The number of aliphatic hydroxyl groups is 1. The van der Waals surface area contributed by atoms with Crippen LogP contribution >= 0.6 is 0 Å². The number of hydrogen-bond acceptors (Lipinski definition) is 6. The first-order chi connectivity index (χ1) is 18.6. The van der Waals surface area contributed by atoms with Gasteiger partial charge in [-0.15, -0.1) is 0 Å². The highest BCUT2D eigenvalue weighted by molar-refractivity contribution is 7.89. The number of aliphatic hydroxyl groups excluding tert-OH is 1. The Balaban J connectivity index is 1.69. The zero-order valence-electron chi connectivity index (χ0n) is 21.9. The molecule has 1 aromatic heterocycles. The third kappa shape index (κ3) is 6.28. The number of fused-ring (bicyclic) bond motifs is 1. The Hall–Kier alpha value is -3.78. The quantitative estimate of drug-likeness (QED) is 0.473. The van der Waals surface area contributed by atoms with E-state index in [0.29, 0.717) is 5.56 Å². The van der Waals surface area contributed by atoms with E-state index in [1.165, 1.54) is 36.3 Å². The lowest BCUT2D eigenvalue weighted by Crippen LogP contribution is -2.50. The van der Waals surface area contributed by atoms with E-state index in [0.717, 1.165) is 15.9 Å². The van der Waals surface area contributed by atoms with Gasteiger partial charge in [0, 0.05) is 36.8 Å². The molecule has 1 aliphatic rings. The molecule has 3 aromatic rings. The molecule has 1 aliphatic heterocycles. The number of benzene rings is 2. The summed E-state index contributed by atoms with van der Waals surface area (Å²) >= 11 is 0. The minimum Gasteiger partial charge on any atom is -0.472 e. The highest BCUT2D eigenvalue weighted by Crippen LogP contribution is 2.28. The van der Waals surface area contributed by atoms with E-state index in [2.05, 4.69) is 16.8 Å². The van der Waals surface area contributed by atoms with Crippen molar-refractivity contribution in [2.24, 2.45) is 5.92 Å². The monoisotopic (exact) mass is 551 g/mol. The average molecular weight is 552 g/mol. The number of carbonyl (C=O) groups excluding carboxylic acids is 1. The number of aromatic nitrogens is 1. The third-order valence-electron chi connectivity index (χ3n) is 6.61. The van der Waals surface area contributed by atoms with Gasteiger partial charge in [-0.2, -0.15) is 4.31 Å². The SMILES string of the molecule is C[C@H](CO)N1C[C@H](C)[C@@H](CN(C)S(=O)(=O)c2ccccc2F)Oc2ncc(C#Cc3ccccc3)cc2C1=O. The second kappa shape index (κ2) is 11.9. The van der Waals surface area contributed by atoms with Crippen molar-refractivity contribution >= 4 is 15.9 Å². The minimum absolute atomic E-state index is 0.0358. The van der Waals surface area contributed by atoms with Crippen molar-refractivity contribution < 1.29 is 27.4 Å². The Kier molecular flexibility index (Phi) is 8.65. The van der Waals surface area contributed by atoms with Gasteiger partial charge >= 0.3 is 0 Å². The third-order valence-corrected chi connectivity index (χ3v) is 8.46. The number of ether oxygens (including phenoxy) is 1. The van der Waals surface area contributed by atoms with Gasteiger partial charge in [0.15, 0.2) is 0 Å². The van der Waals surface area contributed by atoms with E-state index in [-0.39, 0.29) is 43.0 Å². The number of sulfonamides is 1. The molecule has 0 saturated carbocycles. The number of amides is 1. The highest BCUT2D eigenvalue weighted by Gasteiger charge is 2.36. The summed E-state index contributed by atoms with van der Waals surface area (Å²) in [6, 6.07) is 15.6. The molecule has 0 fully saturated rings. The minimum atomic E-state index is -4.16. The summed E-state index contributed by atoms with van der Waals surface area (Å²) in [6.45, 7) is 3.36. The molecular formula is C29H30FN3O5S. The molecule has 204 valence electrons. The second-order valence-corrected chi connectivity index (χ2v) is 11.5. The summed E-state index contributed by atoms with van der Waals surface area (Å²) in [4.78, 5) is 19.0. The maximum absolute atomic E-state index is 14.3. The molecule has 1 N–H and O–H groups in total. The van der Waals surface area contributed by atoms with Crippen LogP contribution < -0.4 is 4.74 Å². The molecule has 39 heavy (non-hydrogen) atoms. The van der Waals surface area contributed by atoms with Gasteiger partial charge in [-0.1, -0.05) is 49.1 Å². The van der Waals surface area contributed by atoms with Crippen LogP contribution in [0.3, 0.4) is 0 Å². The van der Waals surface area contributed by atoms with Gasteiger partial charge < -0.3 is 14.7 Å². The molecular weight excluding hydrogens is 521 g/mol. The van der Waals surface area contributed by atoms with Gasteiger partial charge in [-0.25, -0.2) is 17.8 Å². The van der Waals surface area contributed by atoms with E-state index in [1.54, 1.807) is 13.0 Å². The number of rotatable bonds is 6. The predicted molar refractivity (Wildman–Crippen MR) is 144 cm³/mol. The predicted octanol–water partition coefficient (Wildman–Crippen LogP) is 3.16. The Morgan fingerprint density at radius 1 is 1.15 bits per heavy atom. The van der Waals surface area contributed by atoms with Crippen molar-refractivity contribution in [2.45, 2.75) is 30.9 Å². The first-order valence-corrected chi connectivity index (χ1v) is 13.9. The van der Waals surface area contributed by atoms with E-state index in [9.17, 15) is 22.7 Å². The molecule has 0 radical (unpaired) electrons. The number of likely N-dealkylation sites (N-methyl/N-ethyl adjacent to an activating group) is 1. The fourth-order valence-electron chi connectivity index (χ4n) is 4.23. The van der Waals surface area contributed by atoms with Crippen LogP contribution in [0.15, 0.2) is 71.8 Å². The van der Waals surface area contributed by atoms with Gasteiger partial charge in [0.05, 0.1) is 19.2 Å². The molecule has 2 aromatic carbocycles. The molecule has 3 atom stereocenters. The fraction of sp³-hybridized carbons (Fsp3) is 0.310. The van der Waals surface area contributed by atoms with Gasteiger partial charge in [0.2, 0.25) is 15.9 Å². The van der Waals surface area contributed by atoms with Gasteiger partial charge in [-0.05, 0) is 37.3 Å². The molecule has 0 saturated heterocycles. The molecule has 0 bridgehead atoms. The molecule has 8 nitrogen and oxygen atoms in total. The molecule has 0 unspecified atom stereocenters. The van der Waals surface area contributed by atoms with Crippen LogP contribution in [0, 0.1) is 23.6 Å². The lowest BCUT2D eigenvalue weighted by molar-refractivity contribution is 0.0373. The number of carbonyl (C=O) groups is 1. The molecule has 2 heterocycles. The summed E-state index contributed by atoms with van der Waals surface area (Å²) < 4.78 is 47.8. The zero-order valence-corrected chi connectivity index (χ0v) is 22.7. The van der Waals surface area contributed by atoms with Crippen molar-refractivity contribution in [3.05, 3.63) is 89.4 Å². The van der Waals surface area contributed by atoms with Crippen molar-refractivity contribution in [3.63, 3.8) is 0 Å². The van der Waals surface area contributed by atoms with Gasteiger partial charge in [0.1, 0.15) is 22.4 Å². The number of nitrogens with zero attached hydrogens (tertiary/aromatic N) is 3. The first-order valence-electron chi connectivity index (χ1n) is 12.5. The van der Waals surface area contributed by atoms with Crippen LogP contribution in [0.1, 0.15) is 35.3 Å². The Bertz CT molecular complexity index is 1500. The molecule has 4 rings (SSSR count). The van der Waals surface area contributed by atoms with Crippen LogP contribution in [-0.2, 0) is 10.0 Å². The fourth-order valence-corrected chi connectivity index (χ4v) is 5.47. The van der Waals surface area contributed by atoms with E-state index in [4.69, 9.17) is 4.74 Å².